The van der Waals surface area contributed by atoms with Crippen LogP contribution in [0.5, 0.6) is 0 Å². The summed E-state index contributed by atoms with van der Waals surface area (Å²) in [6.07, 6.45) is 2.24. The minimum atomic E-state index is -3.19. The van der Waals surface area contributed by atoms with Crippen LogP contribution in [0, 0.1) is 6.92 Å². The van der Waals surface area contributed by atoms with Crippen molar-refractivity contribution in [1.29, 1.82) is 0 Å². The van der Waals surface area contributed by atoms with Crippen molar-refractivity contribution in [3.63, 3.8) is 0 Å². The predicted molar refractivity (Wildman–Crippen MR) is 127 cm³/mol. The molecule has 0 saturated carbocycles. The Morgan fingerprint density at radius 2 is 1.79 bits per heavy atom. The number of aliphatic imine (C=N–C) groups is 1. The van der Waals surface area contributed by atoms with Crippen LogP contribution in [-0.2, 0) is 16.4 Å². The molecule has 7 heteroatoms. The Bertz CT molecular complexity index is 884. The fourth-order valence-electron chi connectivity index (χ4n) is 3.00. The molecule has 2 rings (SSSR count). The van der Waals surface area contributed by atoms with Crippen molar-refractivity contribution in [2.75, 3.05) is 19.8 Å². The molecule has 0 amide bonds. The Labute approximate surface area is 186 Å². The van der Waals surface area contributed by atoms with Crippen LogP contribution in [0.15, 0.2) is 58.4 Å². The molecule has 0 heterocycles. The first-order valence-corrected chi connectivity index (χ1v) is 11.0. The molecule has 0 aromatic heterocycles. The molecule has 2 N–H and O–H groups in total. The molecule has 0 fully saturated rings. The molecular formula is C21H30IN3O2S. The third kappa shape index (κ3) is 7.43. The second kappa shape index (κ2) is 11.4. The van der Waals surface area contributed by atoms with Crippen molar-refractivity contribution in [3.05, 3.63) is 65.2 Å². The number of rotatable bonds is 7. The molecule has 0 bridgehead atoms. The van der Waals surface area contributed by atoms with Gasteiger partial charge in [-0.05, 0) is 42.0 Å². The first kappa shape index (κ1) is 24.4. The predicted octanol–water partition coefficient (Wildman–Crippen LogP) is 3.88. The second-order valence-electron chi connectivity index (χ2n) is 6.82. The van der Waals surface area contributed by atoms with E-state index in [2.05, 4.69) is 46.8 Å². The highest BCUT2D eigenvalue weighted by molar-refractivity contribution is 14.0. The summed E-state index contributed by atoms with van der Waals surface area (Å²) in [6.45, 7) is 5.44. The van der Waals surface area contributed by atoms with Crippen LogP contribution < -0.4 is 10.6 Å². The van der Waals surface area contributed by atoms with E-state index in [-0.39, 0.29) is 24.0 Å². The van der Waals surface area contributed by atoms with E-state index in [1.54, 1.807) is 13.1 Å². The van der Waals surface area contributed by atoms with Gasteiger partial charge in [-0.2, -0.15) is 0 Å². The monoisotopic (exact) mass is 515 g/mol. The van der Waals surface area contributed by atoms with Gasteiger partial charge in [-0.15, -0.1) is 24.0 Å². The van der Waals surface area contributed by atoms with Crippen molar-refractivity contribution < 1.29 is 8.42 Å². The molecule has 2 aromatic carbocycles. The number of nitrogens with one attached hydrogen (secondary N) is 2. The van der Waals surface area contributed by atoms with Crippen molar-refractivity contribution in [3.8, 4) is 0 Å². The van der Waals surface area contributed by atoms with Gasteiger partial charge >= 0.3 is 0 Å². The summed E-state index contributed by atoms with van der Waals surface area (Å²) in [5.41, 5.74) is 3.11. The molecule has 0 radical (unpaired) electrons. The van der Waals surface area contributed by atoms with Gasteiger partial charge in [-0.3, -0.25) is 4.99 Å². The summed E-state index contributed by atoms with van der Waals surface area (Å²) in [7, 11) is -1.44. The smallest absolute Gasteiger partial charge is 0.191 e. The standard InChI is InChI=1S/C21H29N3O2S.HI/c1-16(19-8-6-5-7-9-19)12-13-23-21(22-3)24-15-18-10-11-20(17(2)14-18)27(4,25)26;/h5-11,14,16H,12-13,15H2,1-4H3,(H2,22,23,24);1H. The van der Waals surface area contributed by atoms with Crippen LogP contribution >= 0.6 is 24.0 Å². The summed E-state index contributed by atoms with van der Waals surface area (Å²) >= 11 is 0. The zero-order valence-electron chi connectivity index (χ0n) is 16.9. The number of benzene rings is 2. The van der Waals surface area contributed by atoms with Gasteiger partial charge in [0.25, 0.3) is 0 Å². The number of halogens is 1. The normalized spacial score (nSPS) is 12.8. The maximum Gasteiger partial charge on any atom is 0.191 e. The number of hydrogen-bond donors (Lipinski definition) is 2. The Kier molecular flexibility index (Phi) is 9.95. The van der Waals surface area contributed by atoms with Gasteiger partial charge in [-0.1, -0.05) is 49.4 Å². The summed E-state index contributed by atoms with van der Waals surface area (Å²) in [4.78, 5) is 4.63. The second-order valence-corrected chi connectivity index (χ2v) is 8.81. The van der Waals surface area contributed by atoms with E-state index in [4.69, 9.17) is 0 Å². The highest BCUT2D eigenvalue weighted by atomic mass is 127. The molecule has 0 spiro atoms. The fraction of sp³-hybridized carbons (Fsp3) is 0.381. The third-order valence-corrected chi connectivity index (χ3v) is 5.82. The maximum absolute atomic E-state index is 11.7. The first-order valence-electron chi connectivity index (χ1n) is 9.10. The lowest BCUT2D eigenvalue weighted by atomic mass is 9.98. The average Bonchev–Trinajstić information content (AvgIpc) is 2.64. The van der Waals surface area contributed by atoms with Crippen LogP contribution in [0.1, 0.15) is 36.0 Å². The molecule has 5 nitrogen and oxygen atoms in total. The third-order valence-electron chi connectivity index (χ3n) is 4.56. The van der Waals surface area contributed by atoms with Crippen molar-refractivity contribution in [2.45, 2.75) is 37.6 Å². The van der Waals surface area contributed by atoms with Crippen LogP contribution in [0.2, 0.25) is 0 Å². The van der Waals surface area contributed by atoms with Crippen LogP contribution in [0.3, 0.4) is 0 Å². The van der Waals surface area contributed by atoms with Gasteiger partial charge in [0.05, 0.1) is 4.90 Å². The molecule has 0 saturated heterocycles. The van der Waals surface area contributed by atoms with E-state index >= 15 is 0 Å². The highest BCUT2D eigenvalue weighted by Gasteiger charge is 2.11. The summed E-state index contributed by atoms with van der Waals surface area (Å²) in [6, 6.07) is 15.9. The molecule has 28 heavy (non-hydrogen) atoms. The van der Waals surface area contributed by atoms with Crippen LogP contribution in [0.25, 0.3) is 0 Å². The molecule has 0 aliphatic rings. The lowest BCUT2D eigenvalue weighted by Crippen LogP contribution is -2.37. The number of guanidine groups is 1. The zero-order chi connectivity index (χ0) is 19.9. The molecule has 1 unspecified atom stereocenters. The van der Waals surface area contributed by atoms with Gasteiger partial charge in [0.2, 0.25) is 0 Å². The molecule has 0 aliphatic carbocycles. The summed E-state index contributed by atoms with van der Waals surface area (Å²) in [5, 5.41) is 6.61. The quantitative estimate of drug-likeness (QED) is 0.334. The topological polar surface area (TPSA) is 70.6 Å². The van der Waals surface area contributed by atoms with Crippen molar-refractivity contribution in [2.24, 2.45) is 4.99 Å². The minimum Gasteiger partial charge on any atom is -0.356 e. The van der Waals surface area contributed by atoms with Gasteiger partial charge in [-0.25, -0.2) is 8.42 Å². The lowest BCUT2D eigenvalue weighted by Gasteiger charge is -2.15. The fourth-order valence-corrected chi connectivity index (χ4v) is 3.96. The van der Waals surface area contributed by atoms with Gasteiger partial charge in [0.1, 0.15) is 0 Å². The van der Waals surface area contributed by atoms with Gasteiger partial charge < -0.3 is 10.6 Å². The van der Waals surface area contributed by atoms with E-state index in [0.717, 1.165) is 30.1 Å². The number of sulfone groups is 1. The molecule has 0 aliphatic heterocycles. The number of aryl methyl sites for hydroxylation is 1. The van der Waals surface area contributed by atoms with Gasteiger partial charge in [0.15, 0.2) is 15.8 Å². The molecule has 154 valence electrons. The average molecular weight is 515 g/mol. The van der Waals surface area contributed by atoms with Crippen LogP contribution in [-0.4, -0.2) is 34.2 Å². The van der Waals surface area contributed by atoms with Gasteiger partial charge in [0, 0.05) is 26.4 Å². The molecule has 1 atom stereocenters. The molecule has 2 aromatic rings. The lowest BCUT2D eigenvalue weighted by molar-refractivity contribution is 0.601. The number of hydrogen-bond acceptors (Lipinski definition) is 3. The Morgan fingerprint density at radius 3 is 2.36 bits per heavy atom. The van der Waals surface area contributed by atoms with Crippen molar-refractivity contribution in [1.82, 2.24) is 10.6 Å². The largest absolute Gasteiger partial charge is 0.356 e. The van der Waals surface area contributed by atoms with Crippen LogP contribution in [0.4, 0.5) is 0 Å². The Morgan fingerprint density at radius 1 is 1.11 bits per heavy atom. The van der Waals surface area contributed by atoms with E-state index < -0.39 is 9.84 Å². The SMILES string of the molecule is CN=C(NCCC(C)c1ccccc1)NCc1ccc(S(C)(=O)=O)c(C)c1.I. The van der Waals surface area contributed by atoms with E-state index in [0.29, 0.717) is 17.4 Å². The Hall–Kier alpha value is -1.61. The zero-order valence-corrected chi connectivity index (χ0v) is 20.0. The Balaban J connectivity index is 0.00000392. The maximum atomic E-state index is 11.7. The summed E-state index contributed by atoms with van der Waals surface area (Å²) < 4.78 is 23.4. The van der Waals surface area contributed by atoms with Crippen molar-refractivity contribution >= 4 is 39.8 Å². The summed E-state index contributed by atoms with van der Waals surface area (Å²) in [5.74, 6) is 1.21. The van der Waals surface area contributed by atoms with E-state index in [9.17, 15) is 8.42 Å². The first-order chi connectivity index (χ1) is 12.8. The highest BCUT2D eigenvalue weighted by Crippen LogP contribution is 2.18. The number of nitrogens with zero attached hydrogens (tertiary/aromatic N) is 1. The minimum absolute atomic E-state index is 0. The molecular weight excluding hydrogens is 485 g/mol. The van der Waals surface area contributed by atoms with E-state index in [1.807, 2.05) is 25.1 Å². The van der Waals surface area contributed by atoms with E-state index in [1.165, 1.54) is 11.8 Å².